The minimum absolute atomic E-state index is 0.0690. The Morgan fingerprint density at radius 2 is 2.27 bits per heavy atom. The third-order valence-electron chi connectivity index (χ3n) is 3.16. The smallest absolute Gasteiger partial charge is 0.224 e. The molecule has 84 valence electrons. The van der Waals surface area contributed by atoms with Crippen LogP contribution in [0, 0.1) is 24.2 Å². The number of hydrogen-bond acceptors (Lipinski definition) is 2. The highest BCUT2D eigenvalue weighted by Gasteiger charge is 2.30. The van der Waals surface area contributed by atoms with Crippen molar-refractivity contribution in [1.29, 1.82) is 0 Å². The molecule has 1 aliphatic rings. The van der Waals surface area contributed by atoms with Gasteiger partial charge >= 0.3 is 0 Å². The van der Waals surface area contributed by atoms with Crippen LogP contribution in [0.3, 0.4) is 0 Å². The molecule has 0 spiro atoms. The summed E-state index contributed by atoms with van der Waals surface area (Å²) in [6, 6.07) is -0.183. The lowest BCUT2D eigenvalue weighted by atomic mass is 9.78. The average Bonchev–Trinajstić information content (AvgIpc) is 2.28. The van der Waals surface area contributed by atoms with Gasteiger partial charge in [-0.1, -0.05) is 18.8 Å². The number of hydrogen-bond donors (Lipinski definition) is 2. The SMILES string of the molecule is C#CC(C)NC(=O)C1CCCCC1CN. The molecule has 0 aromatic rings. The summed E-state index contributed by atoms with van der Waals surface area (Å²) < 4.78 is 0. The molecular formula is C12H20N2O. The van der Waals surface area contributed by atoms with Crippen LogP contribution in [0.5, 0.6) is 0 Å². The van der Waals surface area contributed by atoms with Crippen LogP contribution in [0.25, 0.3) is 0 Å². The van der Waals surface area contributed by atoms with Gasteiger partial charge in [0.05, 0.1) is 6.04 Å². The molecular weight excluding hydrogens is 188 g/mol. The molecule has 0 aromatic carbocycles. The van der Waals surface area contributed by atoms with E-state index in [-0.39, 0.29) is 17.9 Å². The van der Waals surface area contributed by atoms with E-state index in [1.807, 2.05) is 6.92 Å². The van der Waals surface area contributed by atoms with Gasteiger partial charge in [-0.15, -0.1) is 6.42 Å². The molecule has 1 aliphatic carbocycles. The van der Waals surface area contributed by atoms with Crippen molar-refractivity contribution in [2.75, 3.05) is 6.54 Å². The van der Waals surface area contributed by atoms with Crippen LogP contribution in [-0.2, 0) is 4.79 Å². The summed E-state index contributed by atoms with van der Waals surface area (Å²) in [6.45, 7) is 2.42. The monoisotopic (exact) mass is 208 g/mol. The van der Waals surface area contributed by atoms with Gasteiger partial charge in [0.2, 0.25) is 5.91 Å². The van der Waals surface area contributed by atoms with Crippen molar-refractivity contribution in [2.24, 2.45) is 17.6 Å². The van der Waals surface area contributed by atoms with Gasteiger partial charge in [-0.05, 0) is 32.2 Å². The summed E-state index contributed by atoms with van der Waals surface area (Å²) in [5.74, 6) is 2.99. The van der Waals surface area contributed by atoms with Gasteiger partial charge in [-0.3, -0.25) is 4.79 Å². The van der Waals surface area contributed by atoms with E-state index in [4.69, 9.17) is 12.2 Å². The molecule has 15 heavy (non-hydrogen) atoms. The van der Waals surface area contributed by atoms with E-state index in [2.05, 4.69) is 11.2 Å². The van der Waals surface area contributed by atoms with Crippen molar-refractivity contribution in [3.63, 3.8) is 0 Å². The zero-order valence-electron chi connectivity index (χ0n) is 9.33. The molecule has 1 fully saturated rings. The second-order valence-electron chi connectivity index (χ2n) is 4.28. The van der Waals surface area contributed by atoms with Crippen LogP contribution in [0.4, 0.5) is 0 Å². The fourth-order valence-corrected chi connectivity index (χ4v) is 2.20. The highest BCUT2D eigenvalue weighted by Crippen LogP contribution is 2.29. The Balaban J connectivity index is 2.53. The van der Waals surface area contributed by atoms with E-state index < -0.39 is 0 Å². The Bertz CT molecular complexity index is 257. The maximum Gasteiger partial charge on any atom is 0.224 e. The van der Waals surface area contributed by atoms with E-state index in [9.17, 15) is 4.79 Å². The average molecular weight is 208 g/mol. The maximum atomic E-state index is 11.9. The molecule has 0 aromatic heterocycles. The standard InChI is InChI=1S/C12H20N2O/c1-3-9(2)14-12(15)11-7-5-4-6-10(11)8-13/h1,9-11H,4-8,13H2,2H3,(H,14,15). The maximum absolute atomic E-state index is 11.9. The predicted molar refractivity (Wildman–Crippen MR) is 60.9 cm³/mol. The minimum atomic E-state index is -0.183. The lowest BCUT2D eigenvalue weighted by Crippen LogP contribution is -2.42. The van der Waals surface area contributed by atoms with Gasteiger partial charge in [0.25, 0.3) is 0 Å². The molecule has 0 bridgehead atoms. The van der Waals surface area contributed by atoms with Gasteiger partial charge in [0.1, 0.15) is 0 Å². The Labute approximate surface area is 91.8 Å². The lowest BCUT2D eigenvalue weighted by molar-refractivity contribution is -0.127. The molecule has 0 aliphatic heterocycles. The Hall–Kier alpha value is -1.01. The van der Waals surface area contributed by atoms with Crippen LogP contribution in [0.2, 0.25) is 0 Å². The van der Waals surface area contributed by atoms with Gasteiger partial charge in [0.15, 0.2) is 0 Å². The lowest BCUT2D eigenvalue weighted by Gasteiger charge is -2.29. The minimum Gasteiger partial charge on any atom is -0.343 e. The quantitative estimate of drug-likeness (QED) is 0.677. The first kappa shape index (κ1) is 12.1. The second kappa shape index (κ2) is 5.77. The summed E-state index contributed by atoms with van der Waals surface area (Å²) >= 11 is 0. The molecule has 1 amide bonds. The second-order valence-corrected chi connectivity index (χ2v) is 4.28. The fourth-order valence-electron chi connectivity index (χ4n) is 2.20. The van der Waals surface area contributed by atoms with Crippen molar-refractivity contribution < 1.29 is 4.79 Å². The number of carbonyl (C=O) groups is 1. The summed E-state index contributed by atoms with van der Waals surface area (Å²) in [7, 11) is 0. The van der Waals surface area contributed by atoms with Gasteiger partial charge in [-0.2, -0.15) is 0 Å². The third kappa shape index (κ3) is 3.24. The van der Waals surface area contributed by atoms with Crippen LogP contribution in [0.1, 0.15) is 32.6 Å². The number of nitrogens with one attached hydrogen (secondary N) is 1. The zero-order chi connectivity index (χ0) is 11.3. The van der Waals surface area contributed by atoms with Crippen molar-refractivity contribution in [3.8, 4) is 12.3 Å². The molecule has 3 unspecified atom stereocenters. The van der Waals surface area contributed by atoms with Crippen LogP contribution >= 0.6 is 0 Å². The first-order valence-electron chi connectivity index (χ1n) is 5.65. The number of rotatable bonds is 3. The van der Waals surface area contributed by atoms with Gasteiger partial charge in [-0.25, -0.2) is 0 Å². The van der Waals surface area contributed by atoms with Crippen molar-refractivity contribution in [1.82, 2.24) is 5.32 Å². The Morgan fingerprint density at radius 1 is 1.60 bits per heavy atom. The number of nitrogens with two attached hydrogens (primary N) is 1. The highest BCUT2D eigenvalue weighted by molar-refractivity contribution is 5.79. The summed E-state index contributed by atoms with van der Waals surface area (Å²) in [6.07, 6.45) is 9.56. The molecule has 3 atom stereocenters. The number of amides is 1. The molecule has 1 saturated carbocycles. The van der Waals surface area contributed by atoms with E-state index in [1.54, 1.807) is 0 Å². The number of terminal acetylenes is 1. The Morgan fingerprint density at radius 3 is 2.87 bits per heavy atom. The molecule has 1 rings (SSSR count). The normalized spacial score (nSPS) is 27.8. The first-order chi connectivity index (χ1) is 7.19. The van der Waals surface area contributed by atoms with Gasteiger partial charge < -0.3 is 11.1 Å². The highest BCUT2D eigenvalue weighted by atomic mass is 16.1. The molecule has 0 heterocycles. The fraction of sp³-hybridized carbons (Fsp3) is 0.750. The van der Waals surface area contributed by atoms with Crippen molar-refractivity contribution >= 4 is 5.91 Å². The van der Waals surface area contributed by atoms with Crippen molar-refractivity contribution in [2.45, 2.75) is 38.6 Å². The van der Waals surface area contributed by atoms with Crippen LogP contribution in [0.15, 0.2) is 0 Å². The molecule has 3 nitrogen and oxygen atoms in total. The van der Waals surface area contributed by atoms with E-state index in [0.29, 0.717) is 12.5 Å². The van der Waals surface area contributed by atoms with E-state index in [1.165, 1.54) is 6.42 Å². The molecule has 0 radical (unpaired) electrons. The van der Waals surface area contributed by atoms with E-state index in [0.717, 1.165) is 19.3 Å². The topological polar surface area (TPSA) is 55.1 Å². The summed E-state index contributed by atoms with van der Waals surface area (Å²) in [4.78, 5) is 11.9. The van der Waals surface area contributed by atoms with Gasteiger partial charge in [0, 0.05) is 5.92 Å². The number of carbonyl (C=O) groups excluding carboxylic acids is 1. The zero-order valence-corrected chi connectivity index (χ0v) is 9.33. The molecule has 3 N–H and O–H groups in total. The van der Waals surface area contributed by atoms with Crippen LogP contribution < -0.4 is 11.1 Å². The summed E-state index contributed by atoms with van der Waals surface area (Å²) in [5.41, 5.74) is 5.67. The third-order valence-corrected chi connectivity index (χ3v) is 3.16. The first-order valence-corrected chi connectivity index (χ1v) is 5.65. The van der Waals surface area contributed by atoms with Crippen molar-refractivity contribution in [3.05, 3.63) is 0 Å². The summed E-state index contributed by atoms with van der Waals surface area (Å²) in [5, 5.41) is 2.83. The Kier molecular flexibility index (Phi) is 4.64. The predicted octanol–water partition coefficient (Wildman–Crippen LogP) is 0.889. The van der Waals surface area contributed by atoms with Crippen LogP contribution in [-0.4, -0.2) is 18.5 Å². The molecule has 0 saturated heterocycles. The largest absolute Gasteiger partial charge is 0.343 e. The molecule has 3 heteroatoms. The van der Waals surface area contributed by atoms with E-state index >= 15 is 0 Å².